The summed E-state index contributed by atoms with van der Waals surface area (Å²) in [5.74, 6) is 0.652. The number of benzene rings is 1. The van der Waals surface area contributed by atoms with Crippen LogP contribution in [0.1, 0.15) is 26.7 Å². The Morgan fingerprint density at radius 3 is 2.58 bits per heavy atom. The number of sulfonamides is 1. The van der Waals surface area contributed by atoms with E-state index in [1.54, 1.807) is 12.3 Å². The molecule has 0 fully saturated rings. The van der Waals surface area contributed by atoms with Gasteiger partial charge in [0.05, 0.1) is 0 Å². The van der Waals surface area contributed by atoms with Crippen molar-refractivity contribution in [2.24, 2.45) is 11.1 Å². The number of nitrogens with two attached hydrogens (primary N) is 1. The fourth-order valence-electron chi connectivity index (χ4n) is 2.29. The number of nitrogens with zero attached hydrogens (tertiary/aromatic N) is 1. The van der Waals surface area contributed by atoms with E-state index in [-0.39, 0.29) is 4.90 Å². The summed E-state index contributed by atoms with van der Waals surface area (Å²) in [5, 5.41) is 5.98. The molecule has 2 aromatic rings. The van der Waals surface area contributed by atoms with Gasteiger partial charge in [0.2, 0.25) is 10.0 Å². The van der Waals surface area contributed by atoms with Crippen molar-refractivity contribution in [1.82, 2.24) is 4.57 Å². The molecule has 0 atom stereocenters. The van der Waals surface area contributed by atoms with Crippen LogP contribution >= 0.6 is 0 Å². The zero-order valence-electron chi connectivity index (χ0n) is 11.3. The molecule has 0 aliphatic rings. The van der Waals surface area contributed by atoms with Gasteiger partial charge >= 0.3 is 0 Å². The van der Waals surface area contributed by atoms with Gasteiger partial charge in [-0.15, -0.1) is 0 Å². The molecule has 1 heterocycles. The van der Waals surface area contributed by atoms with Gasteiger partial charge in [0.15, 0.2) is 0 Å². The topological polar surface area (TPSA) is 65.1 Å². The molecule has 0 bridgehead atoms. The van der Waals surface area contributed by atoms with Crippen LogP contribution in [-0.4, -0.2) is 13.0 Å². The SMILES string of the molecule is CC(C)CCCn1cc(S(N)(=O)=O)c2ccccc21. The smallest absolute Gasteiger partial charge is 0.240 e. The third-order valence-corrected chi connectivity index (χ3v) is 4.18. The predicted molar refractivity (Wildman–Crippen MR) is 77.4 cm³/mol. The molecule has 0 saturated heterocycles. The van der Waals surface area contributed by atoms with Crippen molar-refractivity contribution in [1.29, 1.82) is 0 Å². The molecule has 0 unspecified atom stereocenters. The van der Waals surface area contributed by atoms with E-state index in [9.17, 15) is 8.42 Å². The highest BCUT2D eigenvalue weighted by Gasteiger charge is 2.16. The maximum atomic E-state index is 11.6. The molecule has 2 N–H and O–H groups in total. The van der Waals surface area contributed by atoms with E-state index >= 15 is 0 Å². The van der Waals surface area contributed by atoms with Crippen LogP contribution in [-0.2, 0) is 16.6 Å². The van der Waals surface area contributed by atoms with Gasteiger partial charge < -0.3 is 4.57 Å². The van der Waals surface area contributed by atoms with E-state index in [0.29, 0.717) is 11.3 Å². The van der Waals surface area contributed by atoms with Gasteiger partial charge in [-0.05, 0) is 24.8 Å². The first-order valence-electron chi connectivity index (χ1n) is 6.50. The van der Waals surface area contributed by atoms with Crippen molar-refractivity contribution in [3.05, 3.63) is 30.5 Å². The fourth-order valence-corrected chi connectivity index (χ4v) is 3.05. The molecule has 19 heavy (non-hydrogen) atoms. The molecule has 0 aliphatic carbocycles. The molecule has 0 saturated carbocycles. The maximum absolute atomic E-state index is 11.6. The van der Waals surface area contributed by atoms with Crippen LogP contribution in [0.3, 0.4) is 0 Å². The summed E-state index contributed by atoms with van der Waals surface area (Å²) in [6.07, 6.45) is 3.80. The summed E-state index contributed by atoms with van der Waals surface area (Å²) in [4.78, 5) is 0.215. The molecule has 0 aliphatic heterocycles. The van der Waals surface area contributed by atoms with E-state index in [2.05, 4.69) is 13.8 Å². The van der Waals surface area contributed by atoms with E-state index in [1.807, 2.05) is 22.8 Å². The number of primary sulfonamides is 1. The van der Waals surface area contributed by atoms with Crippen molar-refractivity contribution >= 4 is 20.9 Å². The monoisotopic (exact) mass is 280 g/mol. The Kier molecular flexibility index (Phi) is 3.96. The number of hydrogen-bond acceptors (Lipinski definition) is 2. The van der Waals surface area contributed by atoms with Gasteiger partial charge in [0, 0.05) is 23.6 Å². The first kappa shape index (κ1) is 14.1. The summed E-state index contributed by atoms with van der Waals surface area (Å²) >= 11 is 0. The first-order valence-corrected chi connectivity index (χ1v) is 8.05. The Morgan fingerprint density at radius 1 is 1.26 bits per heavy atom. The minimum atomic E-state index is -3.67. The van der Waals surface area contributed by atoms with Gasteiger partial charge in [0.1, 0.15) is 4.90 Å². The van der Waals surface area contributed by atoms with Crippen molar-refractivity contribution < 1.29 is 8.42 Å². The lowest BCUT2D eigenvalue weighted by molar-refractivity contribution is 0.516. The molecule has 1 aromatic carbocycles. The van der Waals surface area contributed by atoms with Crippen LogP contribution in [0.5, 0.6) is 0 Å². The van der Waals surface area contributed by atoms with Crippen LogP contribution in [0.4, 0.5) is 0 Å². The van der Waals surface area contributed by atoms with Crippen LogP contribution in [0.2, 0.25) is 0 Å². The van der Waals surface area contributed by atoms with Crippen molar-refractivity contribution in [2.75, 3.05) is 0 Å². The normalized spacial score (nSPS) is 12.4. The summed E-state index contributed by atoms with van der Waals surface area (Å²) in [7, 11) is -3.67. The van der Waals surface area contributed by atoms with Crippen LogP contribution in [0, 0.1) is 5.92 Å². The summed E-state index contributed by atoms with van der Waals surface area (Å²) in [5.41, 5.74) is 0.926. The second-order valence-corrected chi connectivity index (χ2v) is 6.81. The Hall–Kier alpha value is -1.33. The lowest BCUT2D eigenvalue weighted by atomic mass is 10.1. The molecule has 4 nitrogen and oxygen atoms in total. The lowest BCUT2D eigenvalue weighted by Crippen LogP contribution is -2.11. The number of aryl methyl sites for hydroxylation is 1. The highest BCUT2D eigenvalue weighted by molar-refractivity contribution is 7.89. The fraction of sp³-hybridized carbons (Fsp3) is 0.429. The molecule has 0 spiro atoms. The van der Waals surface area contributed by atoms with Crippen LogP contribution in [0.25, 0.3) is 10.9 Å². The maximum Gasteiger partial charge on any atom is 0.240 e. The lowest BCUT2D eigenvalue weighted by Gasteiger charge is -2.07. The zero-order chi connectivity index (χ0) is 14.0. The molecule has 0 amide bonds. The standard InChI is InChI=1S/C14H20N2O2S/c1-11(2)6-5-9-16-10-14(19(15,17)18)12-7-3-4-8-13(12)16/h3-4,7-8,10-11H,5-6,9H2,1-2H3,(H2,15,17,18). The Bertz CT molecular complexity index is 672. The zero-order valence-corrected chi connectivity index (χ0v) is 12.2. The Labute approximate surface area is 114 Å². The highest BCUT2D eigenvalue weighted by atomic mass is 32.2. The average Bonchev–Trinajstić information content (AvgIpc) is 2.68. The van der Waals surface area contributed by atoms with Gasteiger partial charge in [-0.25, -0.2) is 13.6 Å². The number of aromatic nitrogens is 1. The molecule has 2 rings (SSSR count). The van der Waals surface area contributed by atoms with Crippen molar-refractivity contribution in [2.45, 2.75) is 38.1 Å². The predicted octanol–water partition coefficient (Wildman–Crippen LogP) is 2.72. The van der Waals surface area contributed by atoms with Crippen molar-refractivity contribution in [3.63, 3.8) is 0 Å². The van der Waals surface area contributed by atoms with Gasteiger partial charge in [-0.3, -0.25) is 0 Å². The van der Waals surface area contributed by atoms with E-state index in [1.165, 1.54) is 0 Å². The minimum Gasteiger partial charge on any atom is -0.346 e. The quantitative estimate of drug-likeness (QED) is 0.915. The first-order chi connectivity index (χ1) is 8.89. The number of rotatable bonds is 5. The van der Waals surface area contributed by atoms with E-state index in [0.717, 1.165) is 24.9 Å². The van der Waals surface area contributed by atoms with E-state index in [4.69, 9.17) is 5.14 Å². The summed E-state index contributed by atoms with van der Waals surface area (Å²) in [6, 6.07) is 7.47. The molecule has 104 valence electrons. The summed E-state index contributed by atoms with van der Waals surface area (Å²) in [6.45, 7) is 5.18. The minimum absolute atomic E-state index is 0.215. The average molecular weight is 280 g/mol. The Balaban J connectivity index is 2.39. The Morgan fingerprint density at radius 2 is 1.95 bits per heavy atom. The molecule has 1 aromatic heterocycles. The number of fused-ring (bicyclic) bond motifs is 1. The molecule has 0 radical (unpaired) electrons. The second kappa shape index (κ2) is 5.35. The largest absolute Gasteiger partial charge is 0.346 e. The summed E-state index contributed by atoms with van der Waals surface area (Å²) < 4.78 is 25.2. The highest BCUT2D eigenvalue weighted by Crippen LogP contribution is 2.25. The van der Waals surface area contributed by atoms with Crippen LogP contribution < -0.4 is 5.14 Å². The number of hydrogen-bond donors (Lipinski definition) is 1. The van der Waals surface area contributed by atoms with E-state index < -0.39 is 10.0 Å². The third-order valence-electron chi connectivity index (χ3n) is 3.24. The van der Waals surface area contributed by atoms with Crippen molar-refractivity contribution in [3.8, 4) is 0 Å². The van der Waals surface area contributed by atoms with Gasteiger partial charge in [-0.1, -0.05) is 32.0 Å². The number of para-hydroxylation sites is 1. The second-order valence-electron chi connectivity index (χ2n) is 5.28. The third kappa shape index (κ3) is 3.16. The molecule has 5 heteroatoms. The van der Waals surface area contributed by atoms with Crippen LogP contribution in [0.15, 0.2) is 35.4 Å². The van der Waals surface area contributed by atoms with Gasteiger partial charge in [0.25, 0.3) is 0 Å². The van der Waals surface area contributed by atoms with Gasteiger partial charge in [-0.2, -0.15) is 0 Å². The molecular formula is C14H20N2O2S. The molecular weight excluding hydrogens is 260 g/mol.